The smallest absolute Gasteiger partial charge is 0.0618 e. The molecule has 0 atom stereocenters. The second kappa shape index (κ2) is 2.95. The van der Waals surface area contributed by atoms with Gasteiger partial charge in [0.05, 0.1) is 20.5 Å². The molecule has 1 rings (SSSR count). The molecule has 0 aliphatic heterocycles. The molecule has 0 saturated carbocycles. The second-order valence-corrected chi connectivity index (χ2v) is 3.89. The lowest BCUT2D eigenvalue weighted by Gasteiger charge is -2.10. The summed E-state index contributed by atoms with van der Waals surface area (Å²) in [4.78, 5) is 0. The summed E-state index contributed by atoms with van der Waals surface area (Å²) in [5.74, 6) is 0. The minimum atomic E-state index is 1.20. The first kappa shape index (κ1) is 8.75. The molecule has 0 bridgehead atoms. The zero-order chi connectivity index (χ0) is 8.59. The quantitative estimate of drug-likeness (QED) is 0.493. The van der Waals surface area contributed by atoms with Crippen LogP contribution in [0.5, 0.6) is 0 Å². The average Bonchev–Trinajstić information content (AvgIpc) is 1.97. The molecule has 6 radical (unpaired) electrons. The molecule has 0 unspecified atom stereocenters. The van der Waals surface area contributed by atoms with Crippen molar-refractivity contribution in [2.75, 3.05) is 0 Å². The third kappa shape index (κ3) is 1.46. The fourth-order valence-corrected chi connectivity index (χ4v) is 1.70. The Labute approximate surface area is 74.9 Å². The Morgan fingerprint density at radius 2 is 1.27 bits per heavy atom. The van der Waals surface area contributed by atoms with Crippen LogP contribution in [0.2, 0.25) is 0 Å². The van der Waals surface area contributed by atoms with Gasteiger partial charge in [-0.05, 0) is 20.8 Å². The largest absolute Gasteiger partial charge is 0.0719 e. The molecule has 0 aliphatic rings. The van der Waals surface area contributed by atoms with Crippen molar-refractivity contribution >= 4 is 30.9 Å². The highest BCUT2D eigenvalue weighted by atomic mass is 28.1. The summed E-state index contributed by atoms with van der Waals surface area (Å²) in [6, 6.07) is 2.16. The molecule has 0 spiro atoms. The maximum Gasteiger partial charge on any atom is 0.0719 e. The third-order valence-electron chi connectivity index (χ3n) is 1.97. The topological polar surface area (TPSA) is 0 Å². The van der Waals surface area contributed by atoms with E-state index in [1.54, 1.807) is 0 Å². The van der Waals surface area contributed by atoms with Crippen LogP contribution >= 0.6 is 0 Å². The van der Waals surface area contributed by atoms with Crippen LogP contribution < -0.4 is 10.4 Å². The highest BCUT2D eigenvalue weighted by Gasteiger charge is 2.02. The average molecular weight is 174 g/mol. The van der Waals surface area contributed by atoms with Crippen LogP contribution in [0, 0.1) is 20.8 Å². The molecule has 54 valence electrons. The molecule has 0 fully saturated rings. The minimum absolute atomic E-state index is 1.20. The first-order valence-electron chi connectivity index (χ1n) is 3.58. The van der Waals surface area contributed by atoms with Crippen molar-refractivity contribution in [2.24, 2.45) is 0 Å². The van der Waals surface area contributed by atoms with Gasteiger partial charge < -0.3 is 0 Å². The maximum atomic E-state index is 3.58. The van der Waals surface area contributed by atoms with Crippen LogP contribution in [0.25, 0.3) is 0 Å². The first-order valence-corrected chi connectivity index (χ1v) is 4.58. The van der Waals surface area contributed by atoms with Crippen molar-refractivity contribution in [1.29, 1.82) is 0 Å². The molecule has 11 heavy (non-hydrogen) atoms. The maximum absolute atomic E-state index is 3.58. The predicted octanol–water partition coefficient (Wildman–Crippen LogP) is 0.199. The Hall–Kier alpha value is -0.346. The second-order valence-electron chi connectivity index (χ2n) is 2.89. The van der Waals surface area contributed by atoms with E-state index in [0.29, 0.717) is 0 Å². The van der Waals surface area contributed by atoms with Gasteiger partial charge in [0, 0.05) is 0 Å². The van der Waals surface area contributed by atoms with Crippen LogP contribution in [-0.2, 0) is 0 Å². The van der Waals surface area contributed by atoms with E-state index >= 15 is 0 Å². The normalized spacial score (nSPS) is 10.3. The van der Waals surface area contributed by atoms with E-state index < -0.39 is 0 Å². The van der Waals surface area contributed by atoms with E-state index in [0.717, 1.165) is 0 Å². The molecule has 1 aromatic rings. The Bertz CT molecular complexity index is 264. The van der Waals surface area contributed by atoms with Crippen molar-refractivity contribution in [2.45, 2.75) is 20.8 Å². The standard InChI is InChI=1S/C9H10Si2/c1-5-4-6(2)9(11)7(3)8(5)10/h4H,1-3H3. The fourth-order valence-electron chi connectivity index (χ4n) is 1.19. The lowest BCUT2D eigenvalue weighted by Crippen LogP contribution is -2.24. The van der Waals surface area contributed by atoms with Gasteiger partial charge in [-0.2, -0.15) is 0 Å². The van der Waals surface area contributed by atoms with Gasteiger partial charge in [-0.15, -0.1) is 0 Å². The highest BCUT2D eigenvalue weighted by Crippen LogP contribution is 2.00. The van der Waals surface area contributed by atoms with E-state index in [1.807, 2.05) is 0 Å². The first-order chi connectivity index (χ1) is 5.04. The molecular formula is C9H10Si2. The van der Waals surface area contributed by atoms with Gasteiger partial charge >= 0.3 is 0 Å². The lowest BCUT2D eigenvalue weighted by molar-refractivity contribution is 1.39. The zero-order valence-electron chi connectivity index (χ0n) is 7.08. The van der Waals surface area contributed by atoms with Gasteiger partial charge in [-0.3, -0.25) is 0 Å². The Morgan fingerprint density at radius 3 is 1.64 bits per heavy atom. The van der Waals surface area contributed by atoms with Gasteiger partial charge in [0.15, 0.2) is 0 Å². The van der Waals surface area contributed by atoms with Gasteiger partial charge in [0.1, 0.15) is 0 Å². The Morgan fingerprint density at radius 1 is 0.909 bits per heavy atom. The Kier molecular flexibility index (Phi) is 2.35. The minimum Gasteiger partial charge on any atom is -0.0618 e. The fraction of sp³-hybridized carbons (Fsp3) is 0.333. The lowest BCUT2D eigenvalue weighted by atomic mass is 10.1. The van der Waals surface area contributed by atoms with Crippen molar-refractivity contribution in [3.63, 3.8) is 0 Å². The molecule has 0 aromatic heterocycles. The van der Waals surface area contributed by atoms with Crippen LogP contribution in [0.3, 0.4) is 0 Å². The number of rotatable bonds is 0. The number of hydrogen-bond acceptors (Lipinski definition) is 0. The SMILES string of the molecule is Cc1cc(C)c([Si])c(C)c1[Si]. The van der Waals surface area contributed by atoms with E-state index in [2.05, 4.69) is 47.3 Å². The van der Waals surface area contributed by atoms with Gasteiger partial charge in [-0.1, -0.05) is 33.1 Å². The Balaban J connectivity index is 3.46. The molecular weight excluding hydrogens is 164 g/mol. The monoisotopic (exact) mass is 174 g/mol. The van der Waals surface area contributed by atoms with Crippen molar-refractivity contribution in [1.82, 2.24) is 0 Å². The van der Waals surface area contributed by atoms with Crippen LogP contribution in [0.1, 0.15) is 16.7 Å². The van der Waals surface area contributed by atoms with Gasteiger partial charge in [-0.25, -0.2) is 0 Å². The van der Waals surface area contributed by atoms with Crippen molar-refractivity contribution in [3.8, 4) is 0 Å². The highest BCUT2D eigenvalue weighted by molar-refractivity contribution is 6.40. The number of hydrogen-bond donors (Lipinski definition) is 0. The molecule has 0 heterocycles. The summed E-state index contributed by atoms with van der Waals surface area (Å²) in [5, 5.41) is 2.39. The van der Waals surface area contributed by atoms with Crippen LogP contribution in [-0.4, -0.2) is 20.5 Å². The molecule has 0 aliphatic carbocycles. The molecule has 1 aromatic carbocycles. The molecule has 0 N–H and O–H groups in total. The van der Waals surface area contributed by atoms with Crippen LogP contribution in [0.4, 0.5) is 0 Å². The van der Waals surface area contributed by atoms with Crippen molar-refractivity contribution < 1.29 is 0 Å². The van der Waals surface area contributed by atoms with E-state index in [9.17, 15) is 0 Å². The van der Waals surface area contributed by atoms with Crippen molar-refractivity contribution in [3.05, 3.63) is 22.8 Å². The number of benzene rings is 1. The molecule has 2 heteroatoms. The van der Waals surface area contributed by atoms with Gasteiger partial charge in [0.2, 0.25) is 0 Å². The van der Waals surface area contributed by atoms with E-state index in [1.165, 1.54) is 27.1 Å². The summed E-state index contributed by atoms with van der Waals surface area (Å²) >= 11 is 0. The van der Waals surface area contributed by atoms with E-state index in [4.69, 9.17) is 0 Å². The summed E-state index contributed by atoms with van der Waals surface area (Å²) in [6.45, 7) is 6.31. The summed E-state index contributed by atoms with van der Waals surface area (Å²) in [7, 11) is 7.17. The van der Waals surface area contributed by atoms with Crippen LogP contribution in [0.15, 0.2) is 6.07 Å². The van der Waals surface area contributed by atoms with E-state index in [-0.39, 0.29) is 0 Å². The summed E-state index contributed by atoms with van der Waals surface area (Å²) in [6.07, 6.45) is 0. The summed E-state index contributed by atoms with van der Waals surface area (Å²) < 4.78 is 0. The predicted molar refractivity (Wildman–Crippen MR) is 51.4 cm³/mol. The molecule has 0 nitrogen and oxygen atoms in total. The van der Waals surface area contributed by atoms with Gasteiger partial charge in [0.25, 0.3) is 0 Å². The number of aryl methyl sites for hydroxylation is 2. The third-order valence-corrected chi connectivity index (χ3v) is 3.51. The molecule has 0 amide bonds. The zero-order valence-corrected chi connectivity index (χ0v) is 9.08. The summed E-state index contributed by atoms with van der Waals surface area (Å²) in [5.41, 5.74) is 3.85. The molecule has 0 saturated heterocycles.